The molecule has 3 N–H and O–H groups in total. The van der Waals surface area contributed by atoms with Crippen LogP contribution in [-0.4, -0.2) is 18.2 Å². The summed E-state index contributed by atoms with van der Waals surface area (Å²) in [5.41, 5.74) is 3.47. The number of nitrogens with one attached hydrogen (secondary N) is 1. The van der Waals surface area contributed by atoms with Gasteiger partial charge in [0.25, 0.3) is 0 Å². The van der Waals surface area contributed by atoms with E-state index in [2.05, 4.69) is 5.32 Å². The van der Waals surface area contributed by atoms with Crippen LogP contribution in [0.5, 0.6) is 0 Å². The van der Waals surface area contributed by atoms with Gasteiger partial charge in [0.1, 0.15) is 5.60 Å². The maximum absolute atomic E-state index is 13.6. The molecular weight excluding hydrogens is 292 g/mol. The van der Waals surface area contributed by atoms with E-state index in [0.717, 1.165) is 0 Å². The van der Waals surface area contributed by atoms with Crippen molar-refractivity contribution < 1.29 is 27.1 Å². The molecule has 1 amide bonds. The Kier molecular flexibility index (Phi) is 5.16. The number of halogens is 4. The third-order valence-electron chi connectivity index (χ3n) is 2.42. The van der Waals surface area contributed by atoms with E-state index < -0.39 is 53.1 Å². The van der Waals surface area contributed by atoms with Gasteiger partial charge in [-0.3, -0.25) is 0 Å². The van der Waals surface area contributed by atoms with Crippen LogP contribution in [0.15, 0.2) is 6.07 Å². The molecule has 0 heterocycles. The molecule has 4 nitrogen and oxygen atoms in total. The van der Waals surface area contributed by atoms with Crippen molar-refractivity contribution in [3.8, 4) is 0 Å². The quantitative estimate of drug-likeness (QED) is 0.666. The molecule has 1 unspecified atom stereocenters. The number of carbonyl (C=O) groups excluding carboxylic acids is 1. The number of alkyl carbamates (subject to hydrolysis) is 1. The number of hydrogen-bond acceptors (Lipinski definition) is 3. The zero-order chi connectivity index (χ0) is 16.4. The first kappa shape index (κ1) is 17.2. The van der Waals surface area contributed by atoms with E-state index in [-0.39, 0.29) is 6.07 Å². The lowest BCUT2D eigenvalue weighted by atomic mass is 10.0. The molecule has 1 aromatic carbocycles. The number of benzene rings is 1. The zero-order valence-corrected chi connectivity index (χ0v) is 11.8. The average molecular weight is 308 g/mol. The highest BCUT2D eigenvalue weighted by Crippen LogP contribution is 2.25. The molecule has 1 atom stereocenters. The Morgan fingerprint density at radius 2 is 1.71 bits per heavy atom. The maximum atomic E-state index is 13.6. The zero-order valence-electron chi connectivity index (χ0n) is 11.8. The van der Waals surface area contributed by atoms with Gasteiger partial charge in [0.2, 0.25) is 0 Å². The molecule has 1 aromatic rings. The summed E-state index contributed by atoms with van der Waals surface area (Å²) in [4.78, 5) is 11.6. The second-order valence-corrected chi connectivity index (χ2v) is 5.32. The normalized spacial score (nSPS) is 13.0. The Balaban J connectivity index is 3.09. The first-order valence-electron chi connectivity index (χ1n) is 6.09. The van der Waals surface area contributed by atoms with Crippen LogP contribution in [0.25, 0.3) is 0 Å². The molecule has 0 saturated heterocycles. The van der Waals surface area contributed by atoms with E-state index in [1.165, 1.54) is 0 Å². The van der Waals surface area contributed by atoms with Crippen LogP contribution < -0.4 is 11.1 Å². The van der Waals surface area contributed by atoms with Gasteiger partial charge in [-0.1, -0.05) is 0 Å². The van der Waals surface area contributed by atoms with Gasteiger partial charge in [0.15, 0.2) is 23.3 Å². The molecule has 21 heavy (non-hydrogen) atoms. The Bertz CT molecular complexity index is 518. The summed E-state index contributed by atoms with van der Waals surface area (Å²) in [7, 11) is 0. The van der Waals surface area contributed by atoms with Crippen LogP contribution >= 0.6 is 0 Å². The van der Waals surface area contributed by atoms with Crippen LogP contribution in [0.2, 0.25) is 0 Å². The number of rotatable bonds is 3. The summed E-state index contributed by atoms with van der Waals surface area (Å²) < 4.78 is 58.5. The van der Waals surface area contributed by atoms with Crippen molar-refractivity contribution in [3.05, 3.63) is 34.9 Å². The van der Waals surface area contributed by atoms with Gasteiger partial charge in [-0.2, -0.15) is 0 Å². The van der Waals surface area contributed by atoms with Gasteiger partial charge in [-0.15, -0.1) is 0 Å². The predicted octanol–water partition coefficient (Wildman–Crippen LogP) is 2.77. The Hall–Kier alpha value is -1.83. The van der Waals surface area contributed by atoms with Crippen molar-refractivity contribution in [2.75, 3.05) is 6.54 Å². The molecule has 8 heteroatoms. The standard InChI is InChI=1S/C13H16F4N2O2/c1-13(2,3)21-12(20)19-8(5-18)9-10(16)6(14)4-7(15)11(9)17/h4,8H,5,18H2,1-3H3,(H,19,20). The first-order chi connectivity index (χ1) is 9.56. The summed E-state index contributed by atoms with van der Waals surface area (Å²) in [5, 5.41) is 2.08. The van der Waals surface area contributed by atoms with Crippen LogP contribution in [0, 0.1) is 23.3 Å². The van der Waals surface area contributed by atoms with Gasteiger partial charge < -0.3 is 15.8 Å². The molecule has 0 radical (unpaired) electrons. The van der Waals surface area contributed by atoms with Crippen LogP contribution in [0.1, 0.15) is 32.4 Å². The molecule has 0 saturated carbocycles. The van der Waals surface area contributed by atoms with E-state index in [1.807, 2.05) is 0 Å². The van der Waals surface area contributed by atoms with Crippen LogP contribution in [0.3, 0.4) is 0 Å². The van der Waals surface area contributed by atoms with Crippen molar-refractivity contribution in [2.45, 2.75) is 32.4 Å². The lowest BCUT2D eigenvalue weighted by molar-refractivity contribution is 0.0503. The Morgan fingerprint density at radius 3 is 2.10 bits per heavy atom. The third-order valence-corrected chi connectivity index (χ3v) is 2.42. The molecule has 0 aromatic heterocycles. The second-order valence-electron chi connectivity index (χ2n) is 5.32. The minimum atomic E-state index is -1.61. The minimum absolute atomic E-state index is 0.0786. The third kappa shape index (κ3) is 4.32. The lowest BCUT2D eigenvalue weighted by Crippen LogP contribution is -2.38. The summed E-state index contributed by atoms with van der Waals surface area (Å²) in [5.74, 6) is -6.37. The van der Waals surface area contributed by atoms with Crippen molar-refractivity contribution >= 4 is 6.09 Å². The SMILES string of the molecule is CC(C)(C)OC(=O)NC(CN)c1c(F)c(F)cc(F)c1F. The maximum Gasteiger partial charge on any atom is 0.408 e. The van der Waals surface area contributed by atoms with Crippen molar-refractivity contribution in [1.82, 2.24) is 5.32 Å². The number of hydrogen-bond donors (Lipinski definition) is 2. The largest absolute Gasteiger partial charge is 0.444 e. The fourth-order valence-corrected chi connectivity index (χ4v) is 1.60. The van der Waals surface area contributed by atoms with Gasteiger partial charge in [0.05, 0.1) is 11.6 Å². The van der Waals surface area contributed by atoms with Crippen LogP contribution in [0.4, 0.5) is 22.4 Å². The topological polar surface area (TPSA) is 64.3 Å². The predicted molar refractivity (Wildman–Crippen MR) is 67.4 cm³/mol. The molecule has 0 aliphatic rings. The van der Waals surface area contributed by atoms with E-state index >= 15 is 0 Å². The summed E-state index contributed by atoms with van der Waals surface area (Å²) >= 11 is 0. The fourth-order valence-electron chi connectivity index (χ4n) is 1.60. The van der Waals surface area contributed by atoms with E-state index in [4.69, 9.17) is 10.5 Å². The fraction of sp³-hybridized carbons (Fsp3) is 0.462. The molecule has 0 spiro atoms. The Morgan fingerprint density at radius 1 is 1.24 bits per heavy atom. The minimum Gasteiger partial charge on any atom is -0.444 e. The highest BCUT2D eigenvalue weighted by molar-refractivity contribution is 5.68. The number of amides is 1. The smallest absolute Gasteiger partial charge is 0.408 e. The highest BCUT2D eigenvalue weighted by atomic mass is 19.2. The summed E-state index contributed by atoms with van der Waals surface area (Å²) in [6, 6.07) is -1.39. The molecule has 1 rings (SSSR count). The summed E-state index contributed by atoms with van der Waals surface area (Å²) in [6.07, 6.45) is -1.01. The molecular formula is C13H16F4N2O2. The number of nitrogens with two attached hydrogens (primary N) is 1. The van der Waals surface area contributed by atoms with E-state index in [0.29, 0.717) is 0 Å². The van der Waals surface area contributed by atoms with E-state index in [1.54, 1.807) is 20.8 Å². The van der Waals surface area contributed by atoms with Crippen LogP contribution in [-0.2, 0) is 4.74 Å². The second kappa shape index (κ2) is 6.30. The van der Waals surface area contributed by atoms with Gasteiger partial charge in [-0.25, -0.2) is 22.4 Å². The monoisotopic (exact) mass is 308 g/mol. The van der Waals surface area contributed by atoms with Crippen molar-refractivity contribution in [1.29, 1.82) is 0 Å². The van der Waals surface area contributed by atoms with Crippen molar-refractivity contribution in [2.24, 2.45) is 5.73 Å². The molecule has 0 bridgehead atoms. The van der Waals surface area contributed by atoms with Crippen molar-refractivity contribution in [3.63, 3.8) is 0 Å². The van der Waals surface area contributed by atoms with E-state index in [9.17, 15) is 22.4 Å². The summed E-state index contributed by atoms with van der Waals surface area (Å²) in [6.45, 7) is 4.25. The van der Waals surface area contributed by atoms with Gasteiger partial charge in [-0.05, 0) is 20.8 Å². The number of ether oxygens (including phenoxy) is 1. The average Bonchev–Trinajstić information content (AvgIpc) is 2.33. The molecule has 118 valence electrons. The van der Waals surface area contributed by atoms with Gasteiger partial charge in [0, 0.05) is 12.6 Å². The highest BCUT2D eigenvalue weighted by Gasteiger charge is 2.28. The number of carbonyl (C=O) groups is 1. The lowest BCUT2D eigenvalue weighted by Gasteiger charge is -2.23. The Labute approximate surface area is 119 Å². The first-order valence-corrected chi connectivity index (χ1v) is 6.09. The molecule has 0 fully saturated rings. The van der Waals surface area contributed by atoms with Gasteiger partial charge >= 0.3 is 6.09 Å². The molecule has 0 aliphatic carbocycles. The molecule has 0 aliphatic heterocycles.